The first-order chi connectivity index (χ1) is 9.33. The first kappa shape index (κ1) is 10.3. The van der Waals surface area contributed by atoms with E-state index in [1.54, 1.807) is 0 Å². The summed E-state index contributed by atoms with van der Waals surface area (Å²) < 4.78 is 0. The normalized spacial score (nSPS) is 11.4. The minimum absolute atomic E-state index is 0.0283. The Morgan fingerprint density at radius 3 is 2.11 bits per heavy atom. The number of para-hydroxylation sites is 1. The van der Waals surface area contributed by atoms with Gasteiger partial charge in [-0.05, 0) is 34.4 Å². The number of aromatic amines is 1. The first-order valence-electron chi connectivity index (χ1n) is 6.26. The second kappa shape index (κ2) is 3.69. The molecule has 19 heavy (non-hydrogen) atoms. The third-order valence-corrected chi connectivity index (χ3v) is 3.60. The number of rotatable bonds is 0. The van der Waals surface area contributed by atoms with Crippen molar-refractivity contribution in [2.75, 3.05) is 0 Å². The van der Waals surface area contributed by atoms with Crippen molar-refractivity contribution in [3.63, 3.8) is 0 Å². The van der Waals surface area contributed by atoms with Crippen LogP contribution in [-0.2, 0) is 0 Å². The van der Waals surface area contributed by atoms with E-state index in [0.29, 0.717) is 0 Å². The van der Waals surface area contributed by atoms with Crippen molar-refractivity contribution in [1.82, 2.24) is 4.98 Å². The summed E-state index contributed by atoms with van der Waals surface area (Å²) in [6.07, 6.45) is 0. The van der Waals surface area contributed by atoms with Crippen LogP contribution in [0.5, 0.6) is 0 Å². The van der Waals surface area contributed by atoms with Crippen molar-refractivity contribution in [2.24, 2.45) is 0 Å². The zero-order valence-electron chi connectivity index (χ0n) is 10.2. The Morgan fingerprint density at radius 2 is 1.32 bits per heavy atom. The number of hydrogen-bond donors (Lipinski definition) is 1. The van der Waals surface area contributed by atoms with E-state index in [-0.39, 0.29) is 5.56 Å². The van der Waals surface area contributed by atoms with Gasteiger partial charge in [0.25, 0.3) is 5.56 Å². The van der Waals surface area contributed by atoms with Crippen molar-refractivity contribution < 1.29 is 0 Å². The molecule has 0 aliphatic heterocycles. The molecular weight excluding hydrogens is 234 g/mol. The molecule has 0 bridgehead atoms. The molecular formula is C17H11NO. The fraction of sp³-hybridized carbons (Fsp3) is 0. The van der Waals surface area contributed by atoms with Crippen molar-refractivity contribution in [2.45, 2.75) is 0 Å². The third kappa shape index (κ3) is 1.47. The average Bonchev–Trinajstić information content (AvgIpc) is 2.46. The molecule has 90 valence electrons. The van der Waals surface area contributed by atoms with Crippen LogP contribution in [0.3, 0.4) is 0 Å². The van der Waals surface area contributed by atoms with E-state index < -0.39 is 0 Å². The molecule has 0 radical (unpaired) electrons. The fourth-order valence-electron chi connectivity index (χ4n) is 2.67. The van der Waals surface area contributed by atoms with Gasteiger partial charge in [0, 0.05) is 16.3 Å². The lowest BCUT2D eigenvalue weighted by Crippen LogP contribution is -2.06. The van der Waals surface area contributed by atoms with Gasteiger partial charge in [-0.3, -0.25) is 4.79 Å². The number of benzene rings is 3. The summed E-state index contributed by atoms with van der Waals surface area (Å²) in [6, 6.07) is 20.1. The Morgan fingerprint density at radius 1 is 0.684 bits per heavy atom. The predicted octanol–water partition coefficient (Wildman–Crippen LogP) is 3.83. The van der Waals surface area contributed by atoms with Crippen molar-refractivity contribution in [3.8, 4) is 0 Å². The van der Waals surface area contributed by atoms with Crippen LogP contribution >= 0.6 is 0 Å². The summed E-state index contributed by atoms with van der Waals surface area (Å²) >= 11 is 0. The van der Waals surface area contributed by atoms with E-state index in [2.05, 4.69) is 17.1 Å². The van der Waals surface area contributed by atoms with E-state index in [1.807, 2.05) is 48.5 Å². The Hall–Kier alpha value is -2.61. The molecule has 0 amide bonds. The number of nitrogens with one attached hydrogen (secondary N) is 1. The molecule has 3 aromatic carbocycles. The zero-order chi connectivity index (χ0) is 12.8. The van der Waals surface area contributed by atoms with Gasteiger partial charge in [-0.2, -0.15) is 0 Å². The van der Waals surface area contributed by atoms with Crippen LogP contribution in [0.2, 0.25) is 0 Å². The molecule has 4 rings (SSSR count). The van der Waals surface area contributed by atoms with Crippen molar-refractivity contribution in [1.29, 1.82) is 0 Å². The highest BCUT2D eigenvalue weighted by Gasteiger charge is 2.05. The van der Waals surface area contributed by atoms with Gasteiger partial charge >= 0.3 is 0 Å². The Balaban J connectivity index is 2.34. The quantitative estimate of drug-likeness (QED) is 0.370. The van der Waals surface area contributed by atoms with Gasteiger partial charge in [-0.25, -0.2) is 0 Å². The van der Waals surface area contributed by atoms with E-state index in [9.17, 15) is 4.79 Å². The number of pyridine rings is 1. The SMILES string of the molecule is O=c1[nH]c2ccccc2c2cc3ccccc3cc12. The maximum absolute atomic E-state index is 12.2. The van der Waals surface area contributed by atoms with Crippen LogP contribution in [0.15, 0.2) is 65.5 Å². The van der Waals surface area contributed by atoms with Crippen molar-refractivity contribution in [3.05, 3.63) is 71.0 Å². The molecule has 2 nitrogen and oxygen atoms in total. The summed E-state index contributed by atoms with van der Waals surface area (Å²) in [7, 11) is 0. The average molecular weight is 245 g/mol. The highest BCUT2D eigenvalue weighted by Crippen LogP contribution is 2.25. The molecule has 0 aliphatic rings. The topological polar surface area (TPSA) is 32.9 Å². The van der Waals surface area contributed by atoms with Gasteiger partial charge in [0.1, 0.15) is 0 Å². The molecule has 1 heterocycles. The Labute approximate surface area is 109 Å². The largest absolute Gasteiger partial charge is 0.321 e. The predicted molar refractivity (Wildman–Crippen MR) is 79.6 cm³/mol. The molecule has 2 heteroatoms. The van der Waals surface area contributed by atoms with Gasteiger partial charge in [0.15, 0.2) is 0 Å². The summed E-state index contributed by atoms with van der Waals surface area (Å²) in [4.78, 5) is 15.1. The van der Waals surface area contributed by atoms with Crippen LogP contribution in [0, 0.1) is 0 Å². The maximum Gasteiger partial charge on any atom is 0.256 e. The van der Waals surface area contributed by atoms with Crippen LogP contribution < -0.4 is 5.56 Å². The van der Waals surface area contributed by atoms with Crippen LogP contribution in [0.4, 0.5) is 0 Å². The molecule has 0 saturated heterocycles. The van der Waals surface area contributed by atoms with Crippen LogP contribution in [0.1, 0.15) is 0 Å². The summed E-state index contributed by atoms with van der Waals surface area (Å²) in [5, 5.41) is 5.10. The molecule has 0 saturated carbocycles. The molecule has 1 N–H and O–H groups in total. The highest BCUT2D eigenvalue weighted by molar-refractivity contribution is 6.10. The molecule has 4 aromatic rings. The van der Waals surface area contributed by atoms with Gasteiger partial charge < -0.3 is 4.98 Å². The minimum Gasteiger partial charge on any atom is -0.321 e. The third-order valence-electron chi connectivity index (χ3n) is 3.60. The standard InChI is InChI=1S/C17H11NO/c19-17-15-10-12-6-2-1-5-11(12)9-14(15)13-7-3-4-8-16(13)18-17/h1-10H,(H,18,19). The van der Waals surface area contributed by atoms with Gasteiger partial charge in [-0.1, -0.05) is 42.5 Å². The second-order valence-corrected chi connectivity index (χ2v) is 4.74. The molecule has 0 unspecified atom stereocenters. The number of hydrogen-bond acceptors (Lipinski definition) is 1. The Bertz CT molecular complexity index is 982. The van der Waals surface area contributed by atoms with Crippen molar-refractivity contribution >= 4 is 32.4 Å². The van der Waals surface area contributed by atoms with Gasteiger partial charge in [0.05, 0.1) is 0 Å². The number of fused-ring (bicyclic) bond motifs is 4. The lowest BCUT2D eigenvalue weighted by atomic mass is 10.0. The molecule has 0 aliphatic carbocycles. The van der Waals surface area contributed by atoms with Gasteiger partial charge in [0.2, 0.25) is 0 Å². The molecule has 0 spiro atoms. The highest BCUT2D eigenvalue weighted by atomic mass is 16.1. The summed E-state index contributed by atoms with van der Waals surface area (Å²) in [5.41, 5.74) is 0.856. The van der Waals surface area contributed by atoms with Crippen LogP contribution in [0.25, 0.3) is 32.4 Å². The number of aromatic nitrogens is 1. The summed E-state index contributed by atoms with van der Waals surface area (Å²) in [6.45, 7) is 0. The molecule has 0 atom stereocenters. The van der Waals surface area contributed by atoms with E-state index in [0.717, 1.165) is 32.4 Å². The Kier molecular flexibility index (Phi) is 2.00. The second-order valence-electron chi connectivity index (χ2n) is 4.74. The lowest BCUT2D eigenvalue weighted by Gasteiger charge is -2.05. The smallest absolute Gasteiger partial charge is 0.256 e. The molecule has 1 aromatic heterocycles. The maximum atomic E-state index is 12.2. The fourth-order valence-corrected chi connectivity index (χ4v) is 2.67. The van der Waals surface area contributed by atoms with E-state index in [1.165, 1.54) is 0 Å². The van der Waals surface area contributed by atoms with Crippen LogP contribution in [-0.4, -0.2) is 4.98 Å². The summed E-state index contributed by atoms with van der Waals surface area (Å²) in [5.74, 6) is 0. The molecule has 0 fully saturated rings. The zero-order valence-corrected chi connectivity index (χ0v) is 10.2. The number of H-pyrrole nitrogens is 1. The monoisotopic (exact) mass is 245 g/mol. The first-order valence-corrected chi connectivity index (χ1v) is 6.26. The van der Waals surface area contributed by atoms with E-state index >= 15 is 0 Å². The van der Waals surface area contributed by atoms with Gasteiger partial charge in [-0.15, -0.1) is 0 Å². The van der Waals surface area contributed by atoms with E-state index in [4.69, 9.17) is 0 Å². The lowest BCUT2D eigenvalue weighted by molar-refractivity contribution is 1.35. The minimum atomic E-state index is -0.0283.